The fraction of sp³-hybridized carbons (Fsp3) is 0.678. The summed E-state index contributed by atoms with van der Waals surface area (Å²) in [6.45, 7) is 4.18. The zero-order valence-corrected chi connectivity index (χ0v) is 41.3. The summed E-state index contributed by atoms with van der Waals surface area (Å²) in [6.07, 6.45) is 80.8. The van der Waals surface area contributed by atoms with Crippen molar-refractivity contribution in [1.29, 1.82) is 0 Å². The van der Waals surface area contributed by atoms with Crippen molar-refractivity contribution in [1.82, 2.24) is 5.32 Å². The van der Waals surface area contributed by atoms with Gasteiger partial charge in [-0.15, -0.1) is 0 Å². The third-order valence-electron chi connectivity index (χ3n) is 11.5. The van der Waals surface area contributed by atoms with Gasteiger partial charge >= 0.3 is 0 Å². The van der Waals surface area contributed by atoms with Crippen LogP contribution in [-0.2, 0) is 4.79 Å². The number of amides is 1. The Labute approximate surface area is 391 Å². The first kappa shape index (κ1) is 60.1. The Bertz CT molecular complexity index is 1220. The highest BCUT2D eigenvalue weighted by atomic mass is 16.3. The third kappa shape index (κ3) is 49.9. The minimum Gasteiger partial charge on any atom is -0.394 e. The molecule has 0 aromatic heterocycles. The number of aliphatic hydroxyl groups is 2. The monoisotopic (exact) mass is 872 g/mol. The molecule has 0 heterocycles. The lowest BCUT2D eigenvalue weighted by molar-refractivity contribution is -0.123. The number of aliphatic hydroxyl groups excluding tert-OH is 2. The van der Waals surface area contributed by atoms with Crippen LogP contribution in [0, 0.1) is 0 Å². The number of hydrogen-bond acceptors (Lipinski definition) is 3. The van der Waals surface area contributed by atoms with Gasteiger partial charge in [0.1, 0.15) is 0 Å². The molecule has 2 unspecified atom stereocenters. The topological polar surface area (TPSA) is 69.6 Å². The SMILES string of the molecule is CC/C=C\C/C=C\C/C=C\C/C=C\C/C=C\C/C=C\CCCCCCCCCCCCC(=O)NC(CO)C(O)/C=C/CC/C=C/CC/C=C/CCCCCCCCCCCCCC. The van der Waals surface area contributed by atoms with E-state index in [1.807, 2.05) is 6.08 Å². The minimum absolute atomic E-state index is 0.0865. The van der Waals surface area contributed by atoms with Gasteiger partial charge in [-0.2, -0.15) is 0 Å². The summed E-state index contributed by atoms with van der Waals surface area (Å²) >= 11 is 0. The summed E-state index contributed by atoms with van der Waals surface area (Å²) < 4.78 is 0. The van der Waals surface area contributed by atoms with Gasteiger partial charge in [-0.1, -0.05) is 245 Å². The summed E-state index contributed by atoms with van der Waals surface area (Å²) in [4.78, 5) is 12.5. The number of carbonyl (C=O) groups is 1. The van der Waals surface area contributed by atoms with E-state index in [4.69, 9.17) is 0 Å². The smallest absolute Gasteiger partial charge is 0.220 e. The van der Waals surface area contributed by atoms with Crippen LogP contribution in [0.25, 0.3) is 0 Å². The van der Waals surface area contributed by atoms with Crippen molar-refractivity contribution >= 4 is 5.91 Å². The first-order valence-electron chi connectivity index (χ1n) is 26.6. The molecule has 0 aliphatic rings. The number of nitrogens with one attached hydrogen (secondary N) is 1. The van der Waals surface area contributed by atoms with Crippen molar-refractivity contribution in [2.24, 2.45) is 0 Å². The second-order valence-electron chi connectivity index (χ2n) is 17.5. The van der Waals surface area contributed by atoms with Crippen LogP contribution in [-0.4, -0.2) is 34.9 Å². The van der Waals surface area contributed by atoms with E-state index in [9.17, 15) is 15.0 Å². The lowest BCUT2D eigenvalue weighted by atomic mass is 10.0. The second-order valence-corrected chi connectivity index (χ2v) is 17.5. The molecule has 0 aromatic rings. The van der Waals surface area contributed by atoms with E-state index in [1.165, 1.54) is 135 Å². The van der Waals surface area contributed by atoms with Crippen LogP contribution in [0.1, 0.15) is 239 Å². The van der Waals surface area contributed by atoms with Crippen LogP contribution >= 0.6 is 0 Å². The van der Waals surface area contributed by atoms with Crippen LogP contribution in [0.3, 0.4) is 0 Å². The Morgan fingerprint density at radius 3 is 1.11 bits per heavy atom. The van der Waals surface area contributed by atoms with Gasteiger partial charge in [0.05, 0.1) is 18.8 Å². The molecule has 1 amide bonds. The van der Waals surface area contributed by atoms with Crippen LogP contribution in [0.4, 0.5) is 0 Å². The van der Waals surface area contributed by atoms with E-state index < -0.39 is 12.1 Å². The van der Waals surface area contributed by atoms with Crippen molar-refractivity contribution < 1.29 is 15.0 Å². The van der Waals surface area contributed by atoms with Crippen molar-refractivity contribution in [3.63, 3.8) is 0 Å². The molecule has 0 fully saturated rings. The van der Waals surface area contributed by atoms with Gasteiger partial charge in [0, 0.05) is 6.42 Å². The molecule has 3 N–H and O–H groups in total. The molecule has 0 aromatic carbocycles. The average molecular weight is 872 g/mol. The first-order chi connectivity index (χ1) is 31.2. The minimum atomic E-state index is -0.880. The number of hydrogen-bond donors (Lipinski definition) is 3. The molecule has 0 spiro atoms. The molecule has 0 rings (SSSR count). The molecular weight excluding hydrogens is 771 g/mol. The predicted octanol–water partition coefficient (Wildman–Crippen LogP) is 17.5. The highest BCUT2D eigenvalue weighted by molar-refractivity contribution is 5.76. The first-order valence-corrected chi connectivity index (χ1v) is 26.6. The van der Waals surface area contributed by atoms with E-state index >= 15 is 0 Å². The van der Waals surface area contributed by atoms with Crippen LogP contribution in [0.5, 0.6) is 0 Å². The van der Waals surface area contributed by atoms with Crippen LogP contribution in [0.2, 0.25) is 0 Å². The summed E-state index contributed by atoms with van der Waals surface area (Å²) in [5, 5.41) is 23.1. The normalized spacial score (nSPS) is 13.8. The second kappa shape index (κ2) is 53.4. The lowest BCUT2D eigenvalue weighted by Gasteiger charge is -2.19. The predicted molar refractivity (Wildman–Crippen MR) is 280 cm³/mol. The number of carbonyl (C=O) groups excluding carboxylic acids is 1. The largest absolute Gasteiger partial charge is 0.394 e. The van der Waals surface area contributed by atoms with Gasteiger partial charge in [0.25, 0.3) is 0 Å². The van der Waals surface area contributed by atoms with E-state index in [0.29, 0.717) is 6.42 Å². The molecular formula is C59H101NO3. The Morgan fingerprint density at radius 1 is 0.397 bits per heavy atom. The number of rotatable bonds is 47. The molecule has 360 valence electrons. The number of unbranched alkanes of at least 4 members (excludes halogenated alkanes) is 24. The molecule has 4 heteroatoms. The van der Waals surface area contributed by atoms with E-state index in [2.05, 4.69) is 116 Å². The van der Waals surface area contributed by atoms with Crippen molar-refractivity contribution in [3.05, 3.63) is 109 Å². The number of allylic oxidation sites excluding steroid dienone is 17. The Morgan fingerprint density at radius 2 is 0.714 bits per heavy atom. The fourth-order valence-electron chi connectivity index (χ4n) is 7.45. The highest BCUT2D eigenvalue weighted by Crippen LogP contribution is 2.14. The Hall–Kier alpha value is -2.95. The summed E-state index contributed by atoms with van der Waals surface area (Å²) in [5.41, 5.74) is 0. The fourth-order valence-corrected chi connectivity index (χ4v) is 7.45. The highest BCUT2D eigenvalue weighted by Gasteiger charge is 2.17. The molecule has 63 heavy (non-hydrogen) atoms. The van der Waals surface area contributed by atoms with Gasteiger partial charge in [-0.25, -0.2) is 0 Å². The average Bonchev–Trinajstić information content (AvgIpc) is 3.29. The molecule has 4 nitrogen and oxygen atoms in total. The van der Waals surface area contributed by atoms with Crippen LogP contribution in [0.15, 0.2) is 109 Å². The van der Waals surface area contributed by atoms with Crippen molar-refractivity contribution in [2.45, 2.75) is 251 Å². The van der Waals surface area contributed by atoms with Gasteiger partial charge in [-0.3, -0.25) is 4.79 Å². The summed E-state index contributed by atoms with van der Waals surface area (Å²) in [7, 11) is 0. The Kier molecular flexibility index (Phi) is 50.9. The molecule has 0 aliphatic heterocycles. The summed E-state index contributed by atoms with van der Waals surface area (Å²) in [5.74, 6) is -0.0865. The standard InChI is InChI=1S/C59H101NO3/c1-3-5-7-9-11-13-15-17-19-21-23-25-27-28-29-30-31-32-33-35-37-39-41-43-45-47-49-51-53-55-59(63)60-57(56-61)58(62)54-52-50-48-46-44-42-40-38-36-34-26-24-22-20-18-16-14-12-10-8-6-4-2/h5,7,11,13,17,19,23,25,28-29,31-32,36,38,44,46,52,54,57-58,61-62H,3-4,6,8-10,12,14-16,18,20-22,24,26-27,30,33-35,37,39-43,45,47-51,53,55-56H2,1-2H3,(H,60,63)/b7-5-,13-11-,19-17-,25-23-,29-28-,32-31-,38-36+,46-44+,54-52+. The zero-order valence-electron chi connectivity index (χ0n) is 41.3. The molecule has 2 atom stereocenters. The van der Waals surface area contributed by atoms with E-state index in [-0.39, 0.29) is 12.5 Å². The summed E-state index contributed by atoms with van der Waals surface area (Å²) in [6, 6.07) is -0.656. The van der Waals surface area contributed by atoms with Gasteiger partial charge in [-0.05, 0) is 96.3 Å². The molecule has 0 saturated heterocycles. The van der Waals surface area contributed by atoms with Crippen molar-refractivity contribution in [3.8, 4) is 0 Å². The quantitative estimate of drug-likeness (QED) is 0.0421. The maximum absolute atomic E-state index is 12.5. The van der Waals surface area contributed by atoms with Gasteiger partial charge < -0.3 is 15.5 Å². The van der Waals surface area contributed by atoms with Gasteiger partial charge in [0.2, 0.25) is 5.91 Å². The van der Waals surface area contributed by atoms with Crippen LogP contribution < -0.4 is 5.32 Å². The van der Waals surface area contributed by atoms with E-state index in [1.54, 1.807) is 6.08 Å². The molecule has 0 bridgehead atoms. The molecule has 0 aliphatic carbocycles. The zero-order chi connectivity index (χ0) is 45.6. The molecule has 0 radical (unpaired) electrons. The lowest BCUT2D eigenvalue weighted by Crippen LogP contribution is -2.45. The molecule has 0 saturated carbocycles. The maximum atomic E-state index is 12.5. The Balaban J connectivity index is 3.64. The van der Waals surface area contributed by atoms with Gasteiger partial charge in [0.15, 0.2) is 0 Å². The maximum Gasteiger partial charge on any atom is 0.220 e. The third-order valence-corrected chi connectivity index (χ3v) is 11.5. The van der Waals surface area contributed by atoms with Crippen molar-refractivity contribution in [2.75, 3.05) is 6.61 Å². The van der Waals surface area contributed by atoms with E-state index in [0.717, 1.165) is 83.5 Å².